The minimum Gasteiger partial charge on any atom is -0.327 e. The molecule has 1 unspecified atom stereocenters. The van der Waals surface area contributed by atoms with E-state index in [2.05, 4.69) is 0 Å². The van der Waals surface area contributed by atoms with E-state index in [1.807, 2.05) is 19.2 Å². The van der Waals surface area contributed by atoms with Crippen LogP contribution in [0.2, 0.25) is 0 Å². The van der Waals surface area contributed by atoms with E-state index in [0.717, 1.165) is 23.3 Å². The second kappa shape index (κ2) is 5.37. The predicted molar refractivity (Wildman–Crippen MR) is 60.2 cm³/mol. The Morgan fingerprint density at radius 2 is 2.21 bits per heavy atom. The maximum Gasteiger partial charge on any atom is 0.137 e. The molecule has 0 aromatic heterocycles. The van der Waals surface area contributed by atoms with Crippen molar-refractivity contribution in [2.75, 3.05) is 6.26 Å². The Bertz CT molecular complexity index is 301. The number of benzene rings is 1. The zero-order valence-electron chi connectivity index (χ0n) is 8.59. The molecule has 0 heterocycles. The van der Waals surface area contributed by atoms with E-state index in [1.54, 1.807) is 6.07 Å². The minimum absolute atomic E-state index is 0.127. The lowest BCUT2D eigenvalue weighted by atomic mass is 10.0. The molecule has 0 bridgehead atoms. The summed E-state index contributed by atoms with van der Waals surface area (Å²) in [6.45, 7) is 2.04. The molecule has 1 atom stereocenters. The summed E-state index contributed by atoms with van der Waals surface area (Å²) >= 11 is 1.44. The molecule has 1 rings (SSSR count). The summed E-state index contributed by atoms with van der Waals surface area (Å²) in [5.41, 5.74) is 6.87. The van der Waals surface area contributed by atoms with Crippen molar-refractivity contribution >= 4 is 11.8 Å². The molecule has 1 aromatic carbocycles. The molecule has 0 fully saturated rings. The van der Waals surface area contributed by atoms with Crippen molar-refractivity contribution in [3.63, 3.8) is 0 Å². The topological polar surface area (TPSA) is 26.0 Å². The van der Waals surface area contributed by atoms with E-state index in [1.165, 1.54) is 17.8 Å². The van der Waals surface area contributed by atoms with Crippen molar-refractivity contribution in [1.82, 2.24) is 0 Å². The summed E-state index contributed by atoms with van der Waals surface area (Å²) in [7, 11) is 0. The fraction of sp³-hybridized carbons (Fsp3) is 0.455. The zero-order chi connectivity index (χ0) is 10.6. The SMILES string of the molecule is CCC(N)Cc1cccc(F)c1SC. The van der Waals surface area contributed by atoms with Gasteiger partial charge in [-0.25, -0.2) is 4.39 Å². The van der Waals surface area contributed by atoms with Gasteiger partial charge in [0.1, 0.15) is 5.82 Å². The fourth-order valence-electron chi connectivity index (χ4n) is 1.37. The quantitative estimate of drug-likeness (QED) is 0.778. The molecule has 1 aromatic rings. The summed E-state index contributed by atoms with van der Waals surface area (Å²) in [4.78, 5) is 0.733. The lowest BCUT2D eigenvalue weighted by molar-refractivity contribution is 0.585. The minimum atomic E-state index is -0.140. The Kier molecular flexibility index (Phi) is 4.42. The van der Waals surface area contributed by atoms with Crippen LogP contribution in [-0.2, 0) is 6.42 Å². The van der Waals surface area contributed by atoms with Gasteiger partial charge in [0.15, 0.2) is 0 Å². The highest BCUT2D eigenvalue weighted by atomic mass is 32.2. The number of halogens is 1. The standard InChI is InChI=1S/C11H16FNS/c1-3-9(13)7-8-5-4-6-10(12)11(8)14-2/h4-6,9H,3,7,13H2,1-2H3. The molecule has 0 radical (unpaired) electrons. The smallest absolute Gasteiger partial charge is 0.137 e. The summed E-state index contributed by atoms with van der Waals surface area (Å²) in [6, 6.07) is 5.31. The lowest BCUT2D eigenvalue weighted by Gasteiger charge is -2.12. The van der Waals surface area contributed by atoms with Crippen molar-refractivity contribution in [2.45, 2.75) is 30.7 Å². The molecular weight excluding hydrogens is 197 g/mol. The average Bonchev–Trinajstić information content (AvgIpc) is 2.18. The van der Waals surface area contributed by atoms with Gasteiger partial charge in [-0.15, -0.1) is 11.8 Å². The van der Waals surface area contributed by atoms with Crippen LogP contribution in [0, 0.1) is 5.82 Å². The van der Waals surface area contributed by atoms with Crippen LogP contribution in [0.4, 0.5) is 4.39 Å². The monoisotopic (exact) mass is 213 g/mol. The third kappa shape index (κ3) is 2.72. The Hall–Kier alpha value is -0.540. The van der Waals surface area contributed by atoms with E-state index < -0.39 is 0 Å². The van der Waals surface area contributed by atoms with E-state index in [9.17, 15) is 4.39 Å². The Morgan fingerprint density at radius 3 is 2.79 bits per heavy atom. The molecule has 0 saturated carbocycles. The molecule has 0 saturated heterocycles. The van der Waals surface area contributed by atoms with Crippen LogP contribution in [-0.4, -0.2) is 12.3 Å². The number of nitrogens with two attached hydrogens (primary N) is 1. The van der Waals surface area contributed by atoms with Crippen LogP contribution >= 0.6 is 11.8 Å². The molecular formula is C11H16FNS. The summed E-state index contributed by atoms with van der Waals surface area (Å²) in [5.74, 6) is -0.140. The van der Waals surface area contributed by atoms with Gasteiger partial charge in [-0.1, -0.05) is 19.1 Å². The van der Waals surface area contributed by atoms with Gasteiger partial charge < -0.3 is 5.73 Å². The molecule has 0 aliphatic rings. The van der Waals surface area contributed by atoms with Crippen LogP contribution in [0.5, 0.6) is 0 Å². The summed E-state index contributed by atoms with van der Waals surface area (Å²) in [5, 5.41) is 0. The first-order valence-electron chi connectivity index (χ1n) is 4.76. The average molecular weight is 213 g/mol. The van der Waals surface area contributed by atoms with Crippen LogP contribution in [0.15, 0.2) is 23.1 Å². The second-order valence-corrected chi connectivity index (χ2v) is 4.12. The largest absolute Gasteiger partial charge is 0.327 e. The third-order valence-electron chi connectivity index (χ3n) is 2.26. The second-order valence-electron chi connectivity index (χ2n) is 3.30. The molecule has 1 nitrogen and oxygen atoms in total. The molecule has 0 aliphatic carbocycles. The van der Waals surface area contributed by atoms with E-state index >= 15 is 0 Å². The van der Waals surface area contributed by atoms with Crippen LogP contribution in [0.25, 0.3) is 0 Å². The van der Waals surface area contributed by atoms with Gasteiger partial charge in [-0.2, -0.15) is 0 Å². The molecule has 0 spiro atoms. The first-order chi connectivity index (χ1) is 6.69. The molecule has 0 aliphatic heterocycles. The summed E-state index contributed by atoms with van der Waals surface area (Å²) < 4.78 is 13.3. The Morgan fingerprint density at radius 1 is 1.50 bits per heavy atom. The number of rotatable bonds is 4. The van der Waals surface area contributed by atoms with E-state index in [4.69, 9.17) is 5.73 Å². The molecule has 14 heavy (non-hydrogen) atoms. The van der Waals surface area contributed by atoms with Crippen molar-refractivity contribution in [3.05, 3.63) is 29.6 Å². The first kappa shape index (κ1) is 11.5. The highest BCUT2D eigenvalue weighted by Gasteiger charge is 2.09. The molecule has 0 amide bonds. The number of hydrogen-bond acceptors (Lipinski definition) is 2. The van der Waals surface area contributed by atoms with E-state index in [0.29, 0.717) is 0 Å². The van der Waals surface area contributed by atoms with Crippen LogP contribution in [0.3, 0.4) is 0 Å². The van der Waals surface area contributed by atoms with Crippen molar-refractivity contribution < 1.29 is 4.39 Å². The van der Waals surface area contributed by atoms with Crippen molar-refractivity contribution in [1.29, 1.82) is 0 Å². The molecule has 2 N–H and O–H groups in total. The lowest BCUT2D eigenvalue weighted by Crippen LogP contribution is -2.21. The zero-order valence-corrected chi connectivity index (χ0v) is 9.40. The van der Waals surface area contributed by atoms with Crippen LogP contribution < -0.4 is 5.73 Å². The Balaban J connectivity index is 2.90. The normalized spacial score (nSPS) is 12.9. The van der Waals surface area contributed by atoms with Gasteiger partial charge in [-0.3, -0.25) is 0 Å². The number of hydrogen-bond donors (Lipinski definition) is 1. The van der Waals surface area contributed by atoms with Crippen LogP contribution in [0.1, 0.15) is 18.9 Å². The van der Waals surface area contributed by atoms with Gasteiger partial charge in [0, 0.05) is 10.9 Å². The van der Waals surface area contributed by atoms with Gasteiger partial charge in [-0.05, 0) is 30.7 Å². The highest BCUT2D eigenvalue weighted by Crippen LogP contribution is 2.24. The fourth-order valence-corrected chi connectivity index (χ4v) is 2.05. The maximum atomic E-state index is 13.3. The number of thioether (sulfide) groups is 1. The third-order valence-corrected chi connectivity index (χ3v) is 3.12. The van der Waals surface area contributed by atoms with Gasteiger partial charge in [0.25, 0.3) is 0 Å². The van der Waals surface area contributed by atoms with Crippen molar-refractivity contribution in [2.24, 2.45) is 5.73 Å². The summed E-state index contributed by atoms with van der Waals surface area (Å²) in [6.07, 6.45) is 3.56. The molecule has 78 valence electrons. The maximum absolute atomic E-state index is 13.3. The Labute approximate surface area is 88.9 Å². The first-order valence-corrected chi connectivity index (χ1v) is 5.98. The van der Waals surface area contributed by atoms with Gasteiger partial charge >= 0.3 is 0 Å². The molecule has 3 heteroatoms. The van der Waals surface area contributed by atoms with Gasteiger partial charge in [0.2, 0.25) is 0 Å². The van der Waals surface area contributed by atoms with Crippen molar-refractivity contribution in [3.8, 4) is 0 Å². The predicted octanol–water partition coefficient (Wildman–Crippen LogP) is 2.83. The highest BCUT2D eigenvalue weighted by molar-refractivity contribution is 7.98. The van der Waals surface area contributed by atoms with Gasteiger partial charge in [0.05, 0.1) is 0 Å². The van der Waals surface area contributed by atoms with E-state index in [-0.39, 0.29) is 11.9 Å².